The van der Waals surface area contributed by atoms with Gasteiger partial charge in [0.2, 0.25) is 0 Å². The summed E-state index contributed by atoms with van der Waals surface area (Å²) in [5.74, 6) is -2.39. The molecule has 2 aliphatic rings. The third-order valence-corrected chi connectivity index (χ3v) is 3.88. The van der Waals surface area contributed by atoms with Crippen molar-refractivity contribution in [2.45, 2.75) is 18.4 Å². The molecule has 0 aromatic heterocycles. The van der Waals surface area contributed by atoms with E-state index in [0.717, 1.165) is 25.0 Å². The van der Waals surface area contributed by atoms with Crippen LogP contribution < -0.4 is 5.73 Å². The van der Waals surface area contributed by atoms with Gasteiger partial charge in [0, 0.05) is 11.8 Å². The summed E-state index contributed by atoms with van der Waals surface area (Å²) < 4.78 is 26.1. The van der Waals surface area contributed by atoms with Gasteiger partial charge in [0.25, 0.3) is 5.91 Å². The van der Waals surface area contributed by atoms with Crippen LogP contribution in [0.1, 0.15) is 23.2 Å². The van der Waals surface area contributed by atoms with Gasteiger partial charge in [-0.2, -0.15) is 0 Å². The molecule has 1 amide bonds. The Labute approximate surface area is 108 Å². The number of aliphatic hydroxyl groups is 1. The summed E-state index contributed by atoms with van der Waals surface area (Å²) in [6, 6.07) is 1.61. The summed E-state index contributed by atoms with van der Waals surface area (Å²) in [6.45, 7) is 0.462. The largest absolute Gasteiger partial charge is 0.398 e. The Balaban J connectivity index is 1.77. The molecule has 4 nitrogen and oxygen atoms in total. The lowest BCUT2D eigenvalue weighted by molar-refractivity contribution is -0.0957. The van der Waals surface area contributed by atoms with Crippen LogP contribution >= 0.6 is 0 Å². The number of nitrogens with two attached hydrogens (primary N) is 1. The van der Waals surface area contributed by atoms with Gasteiger partial charge in [-0.05, 0) is 24.8 Å². The zero-order chi connectivity index (χ0) is 13.8. The number of halogens is 2. The van der Waals surface area contributed by atoms with Gasteiger partial charge in [0.15, 0.2) is 11.6 Å². The fourth-order valence-corrected chi connectivity index (χ4v) is 2.55. The van der Waals surface area contributed by atoms with Crippen molar-refractivity contribution in [3.8, 4) is 0 Å². The minimum absolute atomic E-state index is 0.0586. The monoisotopic (exact) mass is 268 g/mol. The molecule has 0 spiro atoms. The molecule has 1 saturated carbocycles. The van der Waals surface area contributed by atoms with Crippen LogP contribution in [0.4, 0.5) is 14.5 Å². The van der Waals surface area contributed by atoms with E-state index in [2.05, 4.69) is 0 Å². The van der Waals surface area contributed by atoms with E-state index in [1.807, 2.05) is 0 Å². The van der Waals surface area contributed by atoms with Crippen LogP contribution in [0.25, 0.3) is 0 Å². The van der Waals surface area contributed by atoms with E-state index in [4.69, 9.17) is 5.73 Å². The van der Waals surface area contributed by atoms with Crippen molar-refractivity contribution in [3.63, 3.8) is 0 Å². The zero-order valence-corrected chi connectivity index (χ0v) is 10.2. The second-order valence-corrected chi connectivity index (χ2v) is 5.39. The van der Waals surface area contributed by atoms with Crippen LogP contribution in [0.15, 0.2) is 12.1 Å². The molecule has 1 aliphatic heterocycles. The minimum Gasteiger partial charge on any atom is -0.398 e. The molecule has 1 aromatic rings. The third kappa shape index (κ3) is 1.96. The third-order valence-electron chi connectivity index (χ3n) is 3.88. The number of hydrogen-bond donors (Lipinski definition) is 2. The number of carbonyl (C=O) groups is 1. The summed E-state index contributed by atoms with van der Waals surface area (Å²) in [4.78, 5) is 13.5. The number of rotatable bonds is 2. The van der Waals surface area contributed by atoms with E-state index >= 15 is 0 Å². The second kappa shape index (κ2) is 3.90. The number of amides is 1. The van der Waals surface area contributed by atoms with Gasteiger partial charge < -0.3 is 15.7 Å². The number of carbonyl (C=O) groups excluding carboxylic acids is 1. The molecule has 6 heteroatoms. The highest BCUT2D eigenvalue weighted by Gasteiger charge is 2.53. The molecule has 0 atom stereocenters. The maximum atomic E-state index is 13.1. The number of benzene rings is 1. The highest BCUT2D eigenvalue weighted by molar-refractivity contribution is 5.99. The topological polar surface area (TPSA) is 66.6 Å². The van der Waals surface area contributed by atoms with E-state index in [-0.39, 0.29) is 30.3 Å². The molecule has 102 valence electrons. The molecule has 0 bridgehead atoms. The van der Waals surface area contributed by atoms with Crippen molar-refractivity contribution >= 4 is 11.6 Å². The van der Waals surface area contributed by atoms with Gasteiger partial charge in [-0.3, -0.25) is 4.79 Å². The molecular weight excluding hydrogens is 254 g/mol. The summed E-state index contributed by atoms with van der Waals surface area (Å²) in [7, 11) is 0. The first-order chi connectivity index (χ1) is 8.90. The Morgan fingerprint density at radius 1 is 1.32 bits per heavy atom. The lowest BCUT2D eigenvalue weighted by atomic mass is 9.88. The van der Waals surface area contributed by atoms with E-state index < -0.39 is 23.1 Å². The van der Waals surface area contributed by atoms with Crippen LogP contribution in [-0.4, -0.2) is 34.6 Å². The molecule has 0 radical (unpaired) electrons. The fraction of sp³-hybridized carbons (Fsp3) is 0.462. The standard InChI is InChI=1S/C13H14F2N2O2/c14-9-3-8(11(16)4-10(9)15)12(18)17-5-13(19,6-17)7-1-2-7/h3-4,7,19H,1-2,5-6,16H2. The summed E-state index contributed by atoms with van der Waals surface area (Å²) in [6.07, 6.45) is 1.96. The molecule has 1 aromatic carbocycles. The van der Waals surface area contributed by atoms with Crippen molar-refractivity contribution in [1.29, 1.82) is 0 Å². The predicted molar refractivity (Wildman–Crippen MR) is 64.3 cm³/mol. The number of nitrogens with zero attached hydrogens (tertiary/aromatic N) is 1. The van der Waals surface area contributed by atoms with Crippen molar-refractivity contribution in [2.24, 2.45) is 5.92 Å². The van der Waals surface area contributed by atoms with Gasteiger partial charge in [-0.15, -0.1) is 0 Å². The SMILES string of the molecule is Nc1cc(F)c(F)cc1C(=O)N1CC(O)(C2CC2)C1. The molecule has 19 heavy (non-hydrogen) atoms. The van der Waals surface area contributed by atoms with Gasteiger partial charge in [-0.25, -0.2) is 8.78 Å². The number of β-amino-alcohol motifs (C(OH)–C–C–N with tert-alkyl or cyclic N) is 1. The van der Waals surface area contributed by atoms with E-state index in [1.165, 1.54) is 4.90 Å². The molecule has 1 saturated heterocycles. The Bertz CT molecular complexity index is 552. The Kier molecular flexibility index (Phi) is 2.53. The Morgan fingerprint density at radius 3 is 2.47 bits per heavy atom. The molecule has 3 rings (SSSR count). The first-order valence-corrected chi connectivity index (χ1v) is 6.17. The quantitative estimate of drug-likeness (QED) is 0.791. The van der Waals surface area contributed by atoms with E-state index in [9.17, 15) is 18.7 Å². The van der Waals surface area contributed by atoms with Crippen LogP contribution in [0.2, 0.25) is 0 Å². The summed E-state index contributed by atoms with van der Waals surface area (Å²) in [5.41, 5.74) is 4.58. The smallest absolute Gasteiger partial charge is 0.256 e. The molecular formula is C13H14F2N2O2. The van der Waals surface area contributed by atoms with Crippen molar-refractivity contribution in [1.82, 2.24) is 4.90 Å². The van der Waals surface area contributed by atoms with Crippen molar-refractivity contribution in [3.05, 3.63) is 29.3 Å². The average Bonchev–Trinajstić information content (AvgIpc) is 3.13. The summed E-state index contributed by atoms with van der Waals surface area (Å²) in [5, 5.41) is 10.1. The van der Waals surface area contributed by atoms with Gasteiger partial charge in [0.05, 0.1) is 18.7 Å². The van der Waals surface area contributed by atoms with E-state index in [0.29, 0.717) is 0 Å². The predicted octanol–water partition coefficient (Wildman–Crippen LogP) is 1.14. The van der Waals surface area contributed by atoms with Gasteiger partial charge >= 0.3 is 0 Å². The van der Waals surface area contributed by atoms with E-state index in [1.54, 1.807) is 0 Å². The normalized spacial score (nSPS) is 21.1. The van der Waals surface area contributed by atoms with Crippen molar-refractivity contribution < 1.29 is 18.7 Å². The lowest BCUT2D eigenvalue weighted by Gasteiger charge is -2.47. The number of anilines is 1. The zero-order valence-electron chi connectivity index (χ0n) is 10.2. The second-order valence-electron chi connectivity index (χ2n) is 5.39. The van der Waals surface area contributed by atoms with Crippen molar-refractivity contribution in [2.75, 3.05) is 18.8 Å². The molecule has 1 aliphatic carbocycles. The van der Waals surface area contributed by atoms with Gasteiger partial charge in [-0.1, -0.05) is 0 Å². The van der Waals surface area contributed by atoms with Gasteiger partial charge in [0.1, 0.15) is 5.60 Å². The number of hydrogen-bond acceptors (Lipinski definition) is 3. The maximum absolute atomic E-state index is 13.1. The first kappa shape index (κ1) is 12.3. The summed E-state index contributed by atoms with van der Waals surface area (Å²) >= 11 is 0. The number of likely N-dealkylation sites (tertiary alicyclic amines) is 1. The Morgan fingerprint density at radius 2 is 1.89 bits per heavy atom. The first-order valence-electron chi connectivity index (χ1n) is 6.17. The molecule has 0 unspecified atom stereocenters. The minimum atomic E-state index is -1.10. The number of nitrogen functional groups attached to an aromatic ring is 1. The van der Waals surface area contributed by atoms with Crippen LogP contribution in [0.3, 0.4) is 0 Å². The molecule has 2 fully saturated rings. The highest BCUT2D eigenvalue weighted by Crippen LogP contribution is 2.44. The highest BCUT2D eigenvalue weighted by atomic mass is 19.2. The van der Waals surface area contributed by atoms with Crippen LogP contribution in [0.5, 0.6) is 0 Å². The van der Waals surface area contributed by atoms with Crippen LogP contribution in [-0.2, 0) is 0 Å². The van der Waals surface area contributed by atoms with Crippen LogP contribution in [0, 0.1) is 17.6 Å². The maximum Gasteiger partial charge on any atom is 0.256 e. The fourth-order valence-electron chi connectivity index (χ4n) is 2.55. The Hall–Kier alpha value is -1.69. The lowest BCUT2D eigenvalue weighted by Crippen LogP contribution is -2.64. The molecule has 1 heterocycles. The average molecular weight is 268 g/mol. The molecule has 3 N–H and O–H groups in total.